The third kappa shape index (κ3) is 5.92. The third-order valence-electron chi connectivity index (χ3n) is 4.38. The van der Waals surface area contributed by atoms with Gasteiger partial charge in [0.05, 0.1) is 23.8 Å². The maximum absolute atomic E-state index is 12.4. The van der Waals surface area contributed by atoms with Crippen molar-refractivity contribution in [1.29, 1.82) is 0 Å². The molecule has 0 aromatic heterocycles. The number of carbonyl (C=O) groups excluding carboxylic acids is 1. The van der Waals surface area contributed by atoms with E-state index in [2.05, 4.69) is 10.5 Å². The number of nitro benzene ring substituents is 1. The molecule has 0 heterocycles. The normalized spacial score (nSPS) is 11.2. The number of nitro groups is 1. The molecule has 3 aromatic rings. The predicted octanol–water partition coefficient (Wildman–Crippen LogP) is 3.44. The van der Waals surface area contributed by atoms with Crippen LogP contribution in [0.15, 0.2) is 76.7 Å². The van der Waals surface area contributed by atoms with E-state index in [1.807, 2.05) is 6.92 Å². The van der Waals surface area contributed by atoms with E-state index >= 15 is 0 Å². The Morgan fingerprint density at radius 2 is 1.82 bits per heavy atom. The second kappa shape index (κ2) is 9.92. The second-order valence-electron chi connectivity index (χ2n) is 6.76. The van der Waals surface area contributed by atoms with Crippen molar-refractivity contribution in [3.8, 4) is 11.5 Å². The summed E-state index contributed by atoms with van der Waals surface area (Å²) in [6.07, 6.45) is 1.32. The molecule has 33 heavy (non-hydrogen) atoms. The monoisotopic (exact) mass is 469 g/mol. The number of hydrogen-bond donors (Lipinski definition) is 1. The maximum Gasteiger partial charge on any atom is 0.339 e. The Labute approximate surface area is 189 Å². The smallest absolute Gasteiger partial charge is 0.339 e. The minimum Gasteiger partial charge on any atom is -0.496 e. The second-order valence-corrected chi connectivity index (χ2v) is 8.31. The first kappa shape index (κ1) is 23.4. The van der Waals surface area contributed by atoms with Crippen LogP contribution in [-0.2, 0) is 10.1 Å². The van der Waals surface area contributed by atoms with E-state index in [9.17, 15) is 23.3 Å². The van der Waals surface area contributed by atoms with Gasteiger partial charge in [-0.15, -0.1) is 0 Å². The fourth-order valence-corrected chi connectivity index (χ4v) is 3.69. The Bertz CT molecular complexity index is 1320. The summed E-state index contributed by atoms with van der Waals surface area (Å²) >= 11 is 0. The number of ether oxygens (including phenoxy) is 1. The van der Waals surface area contributed by atoms with Gasteiger partial charge < -0.3 is 8.92 Å². The highest BCUT2D eigenvalue weighted by molar-refractivity contribution is 7.87. The summed E-state index contributed by atoms with van der Waals surface area (Å²) in [7, 11) is -2.74. The van der Waals surface area contributed by atoms with E-state index < -0.39 is 20.9 Å². The van der Waals surface area contributed by atoms with Crippen LogP contribution in [0.2, 0.25) is 0 Å². The van der Waals surface area contributed by atoms with Gasteiger partial charge in [0.2, 0.25) is 0 Å². The maximum atomic E-state index is 12.4. The van der Waals surface area contributed by atoms with Gasteiger partial charge in [-0.05, 0) is 54.4 Å². The summed E-state index contributed by atoms with van der Waals surface area (Å²) in [5.41, 5.74) is 3.86. The van der Waals surface area contributed by atoms with E-state index in [1.165, 1.54) is 25.5 Å². The molecule has 0 bridgehead atoms. The van der Waals surface area contributed by atoms with Gasteiger partial charge in [-0.25, -0.2) is 5.43 Å². The third-order valence-corrected chi connectivity index (χ3v) is 5.64. The van der Waals surface area contributed by atoms with Gasteiger partial charge in [0.25, 0.3) is 11.6 Å². The number of benzene rings is 3. The summed E-state index contributed by atoms with van der Waals surface area (Å²) in [6.45, 7) is 1.87. The molecule has 3 rings (SSSR count). The topological polar surface area (TPSA) is 137 Å². The van der Waals surface area contributed by atoms with Crippen molar-refractivity contribution in [3.05, 3.63) is 93.5 Å². The number of hydrazone groups is 1. The molecule has 0 aliphatic carbocycles. The summed E-state index contributed by atoms with van der Waals surface area (Å²) in [5.74, 6) is -0.0605. The zero-order valence-electron chi connectivity index (χ0n) is 17.6. The van der Waals surface area contributed by atoms with Crippen molar-refractivity contribution >= 4 is 27.9 Å². The lowest BCUT2D eigenvalue weighted by Crippen LogP contribution is -2.18. The van der Waals surface area contributed by atoms with Gasteiger partial charge >= 0.3 is 10.1 Å². The van der Waals surface area contributed by atoms with Crippen molar-refractivity contribution in [2.24, 2.45) is 5.10 Å². The first-order valence-corrected chi connectivity index (χ1v) is 10.9. The van der Waals surface area contributed by atoms with E-state index in [1.54, 1.807) is 30.3 Å². The molecule has 10 nitrogen and oxygen atoms in total. The van der Waals surface area contributed by atoms with Crippen LogP contribution in [0.1, 0.15) is 21.5 Å². The van der Waals surface area contributed by atoms with E-state index in [0.29, 0.717) is 16.9 Å². The quantitative estimate of drug-likeness (QED) is 0.231. The van der Waals surface area contributed by atoms with Crippen LogP contribution < -0.4 is 14.3 Å². The average Bonchev–Trinajstić information content (AvgIpc) is 2.79. The molecule has 0 fully saturated rings. The molecule has 170 valence electrons. The standard InChI is InChI=1S/C22H19N3O7S/c1-15-6-11-20(21(12-15)31-2)22(26)24-23-14-16-4-3-5-18(13-16)32-33(29,30)19-9-7-17(8-10-19)25(27)28/h3-14H,1-2H3,(H,24,26)/b23-14-. The number of nitrogens with zero attached hydrogens (tertiary/aromatic N) is 2. The lowest BCUT2D eigenvalue weighted by atomic mass is 10.1. The lowest BCUT2D eigenvalue weighted by Gasteiger charge is -2.08. The molecule has 0 saturated carbocycles. The molecular weight excluding hydrogens is 450 g/mol. The number of carbonyl (C=O) groups is 1. The van der Waals surface area contributed by atoms with Crippen LogP contribution in [0, 0.1) is 17.0 Å². The number of methoxy groups -OCH3 is 1. The number of nitrogens with one attached hydrogen (secondary N) is 1. The van der Waals surface area contributed by atoms with E-state index in [0.717, 1.165) is 29.8 Å². The molecule has 0 spiro atoms. The highest BCUT2D eigenvalue weighted by Crippen LogP contribution is 2.22. The van der Waals surface area contributed by atoms with Gasteiger partial charge in [-0.1, -0.05) is 18.2 Å². The average molecular weight is 469 g/mol. The SMILES string of the molecule is COc1cc(C)ccc1C(=O)N/N=C\c1cccc(OS(=O)(=O)c2ccc([N+](=O)[O-])cc2)c1. The summed E-state index contributed by atoms with van der Waals surface area (Å²) in [6, 6.07) is 15.5. The van der Waals surface area contributed by atoms with Crippen LogP contribution in [0.25, 0.3) is 0 Å². The molecule has 0 saturated heterocycles. The lowest BCUT2D eigenvalue weighted by molar-refractivity contribution is -0.384. The molecule has 0 aliphatic heterocycles. The first-order chi connectivity index (χ1) is 15.7. The van der Waals surface area contributed by atoms with Gasteiger partial charge in [0.15, 0.2) is 0 Å². The Kier molecular flexibility index (Phi) is 7.04. The highest BCUT2D eigenvalue weighted by atomic mass is 32.2. The molecule has 1 amide bonds. The predicted molar refractivity (Wildman–Crippen MR) is 120 cm³/mol. The molecule has 1 N–H and O–H groups in total. The Balaban J connectivity index is 1.70. The number of rotatable bonds is 8. The molecule has 0 aliphatic rings. The Morgan fingerprint density at radius 3 is 2.48 bits per heavy atom. The number of non-ortho nitro benzene ring substituents is 1. The van der Waals surface area contributed by atoms with Crippen LogP contribution in [-0.4, -0.2) is 32.6 Å². The van der Waals surface area contributed by atoms with Crippen molar-refractivity contribution in [2.75, 3.05) is 7.11 Å². The zero-order chi connectivity index (χ0) is 24.0. The largest absolute Gasteiger partial charge is 0.496 e. The van der Waals surface area contributed by atoms with Crippen LogP contribution in [0.4, 0.5) is 5.69 Å². The zero-order valence-corrected chi connectivity index (χ0v) is 18.4. The summed E-state index contributed by atoms with van der Waals surface area (Å²) in [5, 5.41) is 14.6. The van der Waals surface area contributed by atoms with Crippen molar-refractivity contribution in [2.45, 2.75) is 11.8 Å². The summed E-state index contributed by atoms with van der Waals surface area (Å²) < 4.78 is 35.2. The fraction of sp³-hybridized carbons (Fsp3) is 0.0909. The molecule has 0 atom stereocenters. The number of hydrogen-bond acceptors (Lipinski definition) is 8. The number of amides is 1. The molecule has 0 unspecified atom stereocenters. The van der Waals surface area contributed by atoms with E-state index in [-0.39, 0.29) is 16.3 Å². The highest BCUT2D eigenvalue weighted by Gasteiger charge is 2.18. The van der Waals surface area contributed by atoms with Gasteiger partial charge in [0, 0.05) is 12.1 Å². The Morgan fingerprint density at radius 1 is 1.09 bits per heavy atom. The minimum atomic E-state index is -4.20. The van der Waals surface area contributed by atoms with Gasteiger partial charge in [-0.2, -0.15) is 13.5 Å². The van der Waals surface area contributed by atoms with Crippen LogP contribution >= 0.6 is 0 Å². The van der Waals surface area contributed by atoms with Crippen molar-refractivity contribution < 1.29 is 27.1 Å². The molecular formula is C22H19N3O7S. The summed E-state index contributed by atoms with van der Waals surface area (Å²) in [4.78, 5) is 22.2. The van der Waals surface area contributed by atoms with E-state index in [4.69, 9.17) is 8.92 Å². The first-order valence-electron chi connectivity index (χ1n) is 9.46. The Hall–Kier alpha value is -4.25. The molecule has 11 heteroatoms. The van der Waals surface area contributed by atoms with Crippen LogP contribution in [0.3, 0.4) is 0 Å². The molecule has 0 radical (unpaired) electrons. The molecule has 3 aromatic carbocycles. The van der Waals surface area contributed by atoms with Crippen LogP contribution in [0.5, 0.6) is 11.5 Å². The number of aryl methyl sites for hydroxylation is 1. The van der Waals surface area contributed by atoms with Crippen molar-refractivity contribution in [3.63, 3.8) is 0 Å². The van der Waals surface area contributed by atoms with Crippen molar-refractivity contribution in [1.82, 2.24) is 5.43 Å². The minimum absolute atomic E-state index is 0.00355. The fourth-order valence-electron chi connectivity index (χ4n) is 2.77. The van der Waals surface area contributed by atoms with Gasteiger partial charge in [0.1, 0.15) is 16.4 Å². The van der Waals surface area contributed by atoms with Gasteiger partial charge in [-0.3, -0.25) is 14.9 Å².